The standard InChI is InChI=1S/C23H18ClNO2S/c1-17-7-13-22(14-8-17)28(26,27)25-16-20(18-5-3-2-4-6-18)15-23(25)19-9-11-21(24)12-10-19/h2-16H,1H3. The summed E-state index contributed by atoms with van der Waals surface area (Å²) in [5, 5.41) is 0.603. The smallest absolute Gasteiger partial charge is 0.241 e. The Morgan fingerprint density at radius 3 is 2.04 bits per heavy atom. The number of hydrogen-bond donors (Lipinski definition) is 0. The van der Waals surface area contributed by atoms with Gasteiger partial charge in [-0.25, -0.2) is 12.4 Å². The minimum Gasteiger partial charge on any atom is -0.241 e. The largest absolute Gasteiger partial charge is 0.268 e. The molecule has 0 aliphatic carbocycles. The molecule has 0 saturated heterocycles. The molecule has 5 heteroatoms. The van der Waals surface area contributed by atoms with Gasteiger partial charge in [-0.05, 0) is 48.4 Å². The van der Waals surface area contributed by atoms with Gasteiger partial charge in [0.25, 0.3) is 10.0 Å². The number of rotatable bonds is 4. The first-order valence-electron chi connectivity index (χ1n) is 8.81. The Morgan fingerprint density at radius 2 is 1.39 bits per heavy atom. The average Bonchev–Trinajstić information content (AvgIpc) is 3.16. The van der Waals surface area contributed by atoms with Crippen molar-refractivity contribution in [2.75, 3.05) is 0 Å². The van der Waals surface area contributed by atoms with Gasteiger partial charge in [-0.15, -0.1) is 0 Å². The fourth-order valence-corrected chi connectivity index (χ4v) is 4.59. The Balaban J connectivity index is 1.93. The van der Waals surface area contributed by atoms with Crippen LogP contribution < -0.4 is 0 Å². The van der Waals surface area contributed by atoms with Crippen LogP contribution in [-0.2, 0) is 10.0 Å². The summed E-state index contributed by atoms with van der Waals surface area (Å²) in [6, 6.07) is 25.7. The van der Waals surface area contributed by atoms with Crippen molar-refractivity contribution in [3.63, 3.8) is 0 Å². The van der Waals surface area contributed by atoms with E-state index in [0.717, 1.165) is 22.3 Å². The van der Waals surface area contributed by atoms with E-state index in [2.05, 4.69) is 0 Å². The predicted octanol–water partition coefficient (Wildman–Crippen LogP) is 6.02. The van der Waals surface area contributed by atoms with Crippen LogP contribution in [0, 0.1) is 6.92 Å². The molecule has 0 N–H and O–H groups in total. The van der Waals surface area contributed by atoms with Crippen LogP contribution in [0.3, 0.4) is 0 Å². The molecule has 0 saturated carbocycles. The molecule has 0 atom stereocenters. The first-order valence-corrected chi connectivity index (χ1v) is 10.6. The van der Waals surface area contributed by atoms with Gasteiger partial charge >= 0.3 is 0 Å². The number of benzene rings is 3. The third-order valence-electron chi connectivity index (χ3n) is 4.61. The lowest BCUT2D eigenvalue weighted by Crippen LogP contribution is -2.13. The quantitative estimate of drug-likeness (QED) is 0.415. The fourth-order valence-electron chi connectivity index (χ4n) is 3.09. The molecule has 0 aliphatic rings. The second-order valence-corrected chi connectivity index (χ2v) is 8.85. The summed E-state index contributed by atoms with van der Waals surface area (Å²) in [7, 11) is -3.75. The molecule has 0 amide bonds. The average molecular weight is 408 g/mol. The zero-order valence-electron chi connectivity index (χ0n) is 15.2. The summed E-state index contributed by atoms with van der Waals surface area (Å²) < 4.78 is 28.1. The summed E-state index contributed by atoms with van der Waals surface area (Å²) in [5.41, 5.74) is 4.17. The van der Waals surface area contributed by atoms with Gasteiger partial charge < -0.3 is 0 Å². The van der Waals surface area contributed by atoms with Crippen molar-refractivity contribution >= 4 is 21.6 Å². The second kappa shape index (κ2) is 7.30. The van der Waals surface area contributed by atoms with Crippen molar-refractivity contribution in [1.29, 1.82) is 0 Å². The molecule has 3 nitrogen and oxygen atoms in total. The Labute approximate surface area is 169 Å². The number of hydrogen-bond acceptors (Lipinski definition) is 2. The number of halogens is 1. The Kier molecular flexibility index (Phi) is 4.84. The molecule has 0 spiro atoms. The molecule has 0 fully saturated rings. The molecule has 4 rings (SSSR count). The molecule has 0 aliphatic heterocycles. The van der Waals surface area contributed by atoms with Crippen LogP contribution in [0.4, 0.5) is 0 Å². The van der Waals surface area contributed by atoms with Gasteiger partial charge in [-0.3, -0.25) is 0 Å². The van der Waals surface area contributed by atoms with Crippen molar-refractivity contribution < 1.29 is 8.42 Å². The van der Waals surface area contributed by atoms with Crippen molar-refractivity contribution in [3.05, 3.63) is 102 Å². The number of aryl methyl sites for hydroxylation is 1. The third kappa shape index (κ3) is 3.49. The van der Waals surface area contributed by atoms with Gasteiger partial charge in [0.1, 0.15) is 0 Å². The van der Waals surface area contributed by atoms with E-state index in [-0.39, 0.29) is 4.90 Å². The molecule has 28 heavy (non-hydrogen) atoms. The lowest BCUT2D eigenvalue weighted by atomic mass is 10.1. The molecule has 0 bridgehead atoms. The molecule has 0 unspecified atom stereocenters. The monoisotopic (exact) mass is 407 g/mol. The topological polar surface area (TPSA) is 39.1 Å². The van der Waals surface area contributed by atoms with Gasteiger partial charge in [0.2, 0.25) is 0 Å². The highest BCUT2D eigenvalue weighted by Gasteiger charge is 2.22. The predicted molar refractivity (Wildman–Crippen MR) is 114 cm³/mol. The van der Waals surface area contributed by atoms with Crippen LogP contribution in [0.15, 0.2) is 96.0 Å². The summed E-state index contributed by atoms with van der Waals surface area (Å²) in [5.74, 6) is 0. The minimum atomic E-state index is -3.75. The summed E-state index contributed by atoms with van der Waals surface area (Å²) in [6.07, 6.45) is 1.68. The van der Waals surface area contributed by atoms with E-state index in [4.69, 9.17) is 11.6 Å². The zero-order chi connectivity index (χ0) is 19.7. The van der Waals surface area contributed by atoms with Gasteiger partial charge in [0, 0.05) is 16.8 Å². The van der Waals surface area contributed by atoms with Crippen molar-refractivity contribution in [2.24, 2.45) is 0 Å². The van der Waals surface area contributed by atoms with Crippen molar-refractivity contribution in [3.8, 4) is 22.4 Å². The first kappa shape index (κ1) is 18.5. The molecular formula is C23H18ClNO2S. The van der Waals surface area contributed by atoms with E-state index in [0.29, 0.717) is 10.7 Å². The van der Waals surface area contributed by atoms with E-state index in [9.17, 15) is 8.42 Å². The van der Waals surface area contributed by atoms with Crippen LogP contribution in [0.1, 0.15) is 5.56 Å². The van der Waals surface area contributed by atoms with Crippen LogP contribution in [0.2, 0.25) is 5.02 Å². The molecule has 0 radical (unpaired) electrons. The zero-order valence-corrected chi connectivity index (χ0v) is 16.8. The first-order chi connectivity index (χ1) is 13.4. The summed E-state index contributed by atoms with van der Waals surface area (Å²) in [4.78, 5) is 0.253. The molecule has 1 heterocycles. The molecule has 3 aromatic carbocycles. The number of aromatic nitrogens is 1. The van der Waals surface area contributed by atoms with Gasteiger partial charge in [-0.2, -0.15) is 0 Å². The molecular weight excluding hydrogens is 390 g/mol. The van der Waals surface area contributed by atoms with Gasteiger partial charge in [0.05, 0.1) is 10.6 Å². The minimum absolute atomic E-state index is 0.253. The maximum Gasteiger partial charge on any atom is 0.268 e. The fraction of sp³-hybridized carbons (Fsp3) is 0.0435. The van der Waals surface area contributed by atoms with E-state index in [1.54, 1.807) is 42.6 Å². The Hall–Kier alpha value is -2.82. The van der Waals surface area contributed by atoms with Gasteiger partial charge in [-0.1, -0.05) is 71.8 Å². The maximum absolute atomic E-state index is 13.4. The van der Waals surface area contributed by atoms with Crippen LogP contribution in [0.5, 0.6) is 0 Å². The second-order valence-electron chi connectivity index (χ2n) is 6.60. The lowest BCUT2D eigenvalue weighted by molar-refractivity contribution is 0.588. The third-order valence-corrected chi connectivity index (χ3v) is 6.55. The highest BCUT2D eigenvalue weighted by molar-refractivity contribution is 7.90. The highest BCUT2D eigenvalue weighted by Crippen LogP contribution is 2.32. The Morgan fingerprint density at radius 1 is 0.750 bits per heavy atom. The Bertz CT molecular complexity index is 1210. The van der Waals surface area contributed by atoms with Crippen molar-refractivity contribution in [2.45, 2.75) is 11.8 Å². The van der Waals surface area contributed by atoms with Gasteiger partial charge in [0.15, 0.2) is 0 Å². The highest BCUT2D eigenvalue weighted by atomic mass is 35.5. The molecule has 4 aromatic rings. The van der Waals surface area contributed by atoms with E-state index >= 15 is 0 Å². The molecule has 1 aromatic heterocycles. The van der Waals surface area contributed by atoms with Crippen LogP contribution in [0.25, 0.3) is 22.4 Å². The van der Waals surface area contributed by atoms with Crippen LogP contribution >= 0.6 is 11.6 Å². The van der Waals surface area contributed by atoms with E-state index in [1.807, 2.05) is 55.5 Å². The summed E-state index contributed by atoms with van der Waals surface area (Å²) >= 11 is 6.02. The van der Waals surface area contributed by atoms with Crippen LogP contribution in [-0.4, -0.2) is 12.4 Å². The van der Waals surface area contributed by atoms with E-state index < -0.39 is 10.0 Å². The van der Waals surface area contributed by atoms with Crippen molar-refractivity contribution in [1.82, 2.24) is 3.97 Å². The number of nitrogens with zero attached hydrogens (tertiary/aromatic N) is 1. The summed E-state index contributed by atoms with van der Waals surface area (Å²) in [6.45, 7) is 1.93. The normalized spacial score (nSPS) is 11.5. The lowest BCUT2D eigenvalue weighted by Gasteiger charge is -2.11. The van der Waals surface area contributed by atoms with E-state index in [1.165, 1.54) is 3.97 Å². The maximum atomic E-state index is 13.4. The SMILES string of the molecule is Cc1ccc(S(=O)(=O)n2cc(-c3ccccc3)cc2-c2ccc(Cl)cc2)cc1. The molecule has 140 valence electrons.